The van der Waals surface area contributed by atoms with Crippen LogP contribution in [0.25, 0.3) is 0 Å². The van der Waals surface area contributed by atoms with E-state index in [4.69, 9.17) is 9.84 Å². The Hall–Kier alpha value is -1.69. The van der Waals surface area contributed by atoms with E-state index in [0.29, 0.717) is 18.5 Å². The molecule has 2 heterocycles. The molecule has 1 N–H and O–H groups in total. The van der Waals surface area contributed by atoms with Crippen LogP contribution in [0.3, 0.4) is 0 Å². The highest BCUT2D eigenvalue weighted by molar-refractivity contribution is 5.85. The molecule has 102 valence electrons. The molecule has 0 spiro atoms. The van der Waals surface area contributed by atoms with E-state index < -0.39 is 5.97 Å². The molecule has 19 heavy (non-hydrogen) atoms. The Kier molecular flexibility index (Phi) is 3.33. The quantitative estimate of drug-likeness (QED) is 0.867. The van der Waals surface area contributed by atoms with E-state index in [9.17, 15) is 4.79 Å². The summed E-state index contributed by atoms with van der Waals surface area (Å²) in [7, 11) is 0. The molecule has 6 heteroatoms. The number of aromatic nitrogens is 2. The van der Waals surface area contributed by atoms with Crippen molar-refractivity contribution in [1.82, 2.24) is 9.97 Å². The molecule has 1 aromatic heterocycles. The van der Waals surface area contributed by atoms with Gasteiger partial charge in [0.2, 0.25) is 0 Å². The van der Waals surface area contributed by atoms with Gasteiger partial charge in [0.1, 0.15) is 5.82 Å². The van der Waals surface area contributed by atoms with Crippen molar-refractivity contribution in [2.75, 3.05) is 18.1 Å². The summed E-state index contributed by atoms with van der Waals surface area (Å²) in [6, 6.07) is 0.306. The standard InChI is InChI=1S/C13H17N3O3/c17-13(18)9-7-14-8-12(15-9)16-5-6-19-11-4-2-1-3-10(11)16/h7-8,10-11H,1-6H2,(H,17,18). The third-order valence-electron chi connectivity index (χ3n) is 3.87. The number of nitrogens with zero attached hydrogens (tertiary/aromatic N) is 3. The monoisotopic (exact) mass is 263 g/mol. The summed E-state index contributed by atoms with van der Waals surface area (Å²) in [5.41, 5.74) is -0.00338. The number of anilines is 1. The van der Waals surface area contributed by atoms with Gasteiger partial charge in [-0.25, -0.2) is 9.78 Å². The van der Waals surface area contributed by atoms with Gasteiger partial charge in [-0.3, -0.25) is 4.98 Å². The lowest BCUT2D eigenvalue weighted by Gasteiger charge is -2.44. The second kappa shape index (κ2) is 5.13. The van der Waals surface area contributed by atoms with Crippen molar-refractivity contribution in [1.29, 1.82) is 0 Å². The van der Waals surface area contributed by atoms with Crippen LogP contribution in [-0.4, -0.2) is 46.3 Å². The maximum Gasteiger partial charge on any atom is 0.356 e. The van der Waals surface area contributed by atoms with Crippen LogP contribution in [0.2, 0.25) is 0 Å². The first-order chi connectivity index (χ1) is 9.25. The van der Waals surface area contributed by atoms with Crippen LogP contribution in [0, 0.1) is 0 Å². The summed E-state index contributed by atoms with van der Waals surface area (Å²) >= 11 is 0. The summed E-state index contributed by atoms with van der Waals surface area (Å²) in [6.07, 6.45) is 7.71. The van der Waals surface area contributed by atoms with Crippen LogP contribution in [-0.2, 0) is 4.74 Å². The highest BCUT2D eigenvalue weighted by atomic mass is 16.5. The minimum absolute atomic E-state index is 0.00338. The first-order valence-corrected chi connectivity index (χ1v) is 6.69. The van der Waals surface area contributed by atoms with E-state index in [1.165, 1.54) is 19.0 Å². The van der Waals surface area contributed by atoms with Gasteiger partial charge in [0.05, 0.1) is 31.1 Å². The molecule has 2 fully saturated rings. The Morgan fingerprint density at radius 3 is 3.05 bits per heavy atom. The summed E-state index contributed by atoms with van der Waals surface area (Å²) in [5, 5.41) is 8.99. The summed E-state index contributed by atoms with van der Waals surface area (Å²) in [6.45, 7) is 1.42. The van der Waals surface area contributed by atoms with Crippen molar-refractivity contribution in [2.45, 2.75) is 37.8 Å². The number of hydrogen-bond donors (Lipinski definition) is 1. The number of ether oxygens (including phenoxy) is 1. The number of morpholine rings is 1. The summed E-state index contributed by atoms with van der Waals surface area (Å²) in [5.74, 6) is -0.386. The molecule has 6 nitrogen and oxygen atoms in total. The first-order valence-electron chi connectivity index (χ1n) is 6.69. The minimum atomic E-state index is -1.04. The number of rotatable bonds is 2. The van der Waals surface area contributed by atoms with Crippen molar-refractivity contribution in [3.8, 4) is 0 Å². The number of aromatic carboxylic acids is 1. The molecule has 2 atom stereocenters. The molecule has 0 bridgehead atoms. The van der Waals surface area contributed by atoms with Gasteiger partial charge in [-0.1, -0.05) is 12.8 Å². The zero-order chi connectivity index (χ0) is 13.2. The van der Waals surface area contributed by atoms with Gasteiger partial charge in [0.25, 0.3) is 0 Å². The lowest BCUT2D eigenvalue weighted by Crippen LogP contribution is -2.53. The SMILES string of the molecule is O=C(O)c1cncc(N2CCOC3CCCCC32)n1. The fourth-order valence-electron chi connectivity index (χ4n) is 2.98. The third-order valence-corrected chi connectivity index (χ3v) is 3.87. The number of carboxylic acids is 1. The van der Waals surface area contributed by atoms with Gasteiger partial charge >= 0.3 is 5.97 Å². The predicted molar refractivity (Wildman–Crippen MR) is 68.3 cm³/mol. The molecular formula is C13H17N3O3. The fourth-order valence-corrected chi connectivity index (χ4v) is 2.98. The highest BCUT2D eigenvalue weighted by Crippen LogP contribution is 2.30. The van der Waals surface area contributed by atoms with Gasteiger partial charge in [-0.2, -0.15) is 0 Å². The Morgan fingerprint density at radius 2 is 2.21 bits per heavy atom. The van der Waals surface area contributed by atoms with E-state index in [0.717, 1.165) is 19.4 Å². The zero-order valence-corrected chi connectivity index (χ0v) is 10.7. The average molecular weight is 263 g/mol. The Morgan fingerprint density at radius 1 is 1.37 bits per heavy atom. The Labute approximate surface area is 111 Å². The molecular weight excluding hydrogens is 246 g/mol. The van der Waals surface area contributed by atoms with Crippen molar-refractivity contribution >= 4 is 11.8 Å². The van der Waals surface area contributed by atoms with Crippen molar-refractivity contribution < 1.29 is 14.6 Å². The number of fused-ring (bicyclic) bond motifs is 1. The molecule has 1 aromatic rings. The number of carbonyl (C=O) groups is 1. The molecule has 2 unspecified atom stereocenters. The topological polar surface area (TPSA) is 75.5 Å². The molecule has 0 radical (unpaired) electrons. The van der Waals surface area contributed by atoms with Gasteiger partial charge in [-0.15, -0.1) is 0 Å². The van der Waals surface area contributed by atoms with E-state index in [2.05, 4.69) is 14.9 Å². The number of hydrogen-bond acceptors (Lipinski definition) is 5. The zero-order valence-electron chi connectivity index (χ0n) is 10.7. The first kappa shape index (κ1) is 12.3. The molecule has 1 aliphatic heterocycles. The van der Waals surface area contributed by atoms with Crippen LogP contribution >= 0.6 is 0 Å². The molecule has 0 amide bonds. The molecule has 3 rings (SSSR count). The smallest absolute Gasteiger partial charge is 0.356 e. The lowest BCUT2D eigenvalue weighted by atomic mass is 9.90. The molecule has 0 aromatic carbocycles. The van der Waals surface area contributed by atoms with E-state index >= 15 is 0 Å². The van der Waals surface area contributed by atoms with Gasteiger partial charge < -0.3 is 14.7 Å². The van der Waals surface area contributed by atoms with Gasteiger partial charge in [-0.05, 0) is 12.8 Å². The largest absolute Gasteiger partial charge is 0.476 e. The maximum absolute atomic E-state index is 11.0. The second-order valence-electron chi connectivity index (χ2n) is 5.02. The van der Waals surface area contributed by atoms with Crippen LogP contribution in [0.5, 0.6) is 0 Å². The van der Waals surface area contributed by atoms with E-state index in [1.807, 2.05) is 0 Å². The van der Waals surface area contributed by atoms with Crippen LogP contribution < -0.4 is 4.90 Å². The molecule has 1 aliphatic carbocycles. The molecule has 1 saturated heterocycles. The highest BCUT2D eigenvalue weighted by Gasteiger charge is 2.35. The summed E-state index contributed by atoms with van der Waals surface area (Å²) < 4.78 is 5.81. The summed E-state index contributed by atoms with van der Waals surface area (Å²) in [4.78, 5) is 21.3. The fraction of sp³-hybridized carbons (Fsp3) is 0.615. The normalized spacial score (nSPS) is 26.8. The van der Waals surface area contributed by atoms with Gasteiger partial charge in [0, 0.05) is 6.54 Å². The Balaban J connectivity index is 1.87. The molecule has 1 saturated carbocycles. The van der Waals surface area contributed by atoms with Crippen LogP contribution in [0.1, 0.15) is 36.2 Å². The lowest BCUT2D eigenvalue weighted by molar-refractivity contribution is -0.00902. The number of carboxylic acid groups (broad SMARTS) is 1. The van der Waals surface area contributed by atoms with E-state index in [-0.39, 0.29) is 11.8 Å². The molecule has 2 aliphatic rings. The predicted octanol–water partition coefficient (Wildman–Crippen LogP) is 1.32. The van der Waals surface area contributed by atoms with Crippen molar-refractivity contribution in [2.24, 2.45) is 0 Å². The van der Waals surface area contributed by atoms with Crippen molar-refractivity contribution in [3.05, 3.63) is 18.1 Å². The minimum Gasteiger partial charge on any atom is -0.476 e. The third kappa shape index (κ3) is 2.40. The second-order valence-corrected chi connectivity index (χ2v) is 5.02. The Bertz CT molecular complexity index is 478. The van der Waals surface area contributed by atoms with Gasteiger partial charge in [0.15, 0.2) is 5.69 Å². The maximum atomic E-state index is 11.0. The van der Waals surface area contributed by atoms with E-state index in [1.54, 1.807) is 6.20 Å². The van der Waals surface area contributed by atoms with Crippen molar-refractivity contribution in [3.63, 3.8) is 0 Å². The van der Waals surface area contributed by atoms with Crippen LogP contribution in [0.4, 0.5) is 5.82 Å². The van der Waals surface area contributed by atoms with Crippen LogP contribution in [0.15, 0.2) is 12.4 Å². The average Bonchev–Trinajstić information content (AvgIpc) is 2.47.